The van der Waals surface area contributed by atoms with Crippen molar-refractivity contribution in [1.82, 2.24) is 5.32 Å². The lowest BCUT2D eigenvalue weighted by atomic mass is 10.1. The number of nitrogens with one attached hydrogen (secondary N) is 1. The third kappa shape index (κ3) is 4.58. The lowest BCUT2D eigenvalue weighted by Crippen LogP contribution is -2.33. The quantitative estimate of drug-likeness (QED) is 0.774. The Balaban J connectivity index is 1.74. The summed E-state index contributed by atoms with van der Waals surface area (Å²) in [6, 6.07) is 14.1. The van der Waals surface area contributed by atoms with Crippen molar-refractivity contribution in [1.29, 1.82) is 0 Å². The van der Waals surface area contributed by atoms with Crippen LogP contribution in [0.15, 0.2) is 48.5 Å². The molecule has 0 aliphatic heterocycles. The van der Waals surface area contributed by atoms with Gasteiger partial charge in [0, 0.05) is 6.04 Å². The highest BCUT2D eigenvalue weighted by atomic mass is 16.5. The standard InChI is InChI=1S/C21H23NO5/c1-2-26-18-9-5-6-10-19(18)27-17-8-4-3-7-16(17)20(23)22-15-12-11-14(13-15)21(24)25/h3-10,14-15H,2,11-13H2,1H3,(H,22,23)(H,24,25)/t14-,15+/m0/s1. The minimum absolute atomic E-state index is 0.137. The second-order valence-corrected chi connectivity index (χ2v) is 6.50. The Morgan fingerprint density at radius 2 is 1.70 bits per heavy atom. The van der Waals surface area contributed by atoms with Gasteiger partial charge in [-0.3, -0.25) is 9.59 Å². The first-order chi connectivity index (χ1) is 13.1. The number of hydrogen-bond acceptors (Lipinski definition) is 4. The number of aliphatic carboxylic acids is 1. The zero-order valence-electron chi connectivity index (χ0n) is 15.2. The summed E-state index contributed by atoms with van der Waals surface area (Å²) in [6.07, 6.45) is 1.70. The maximum Gasteiger partial charge on any atom is 0.306 e. The van der Waals surface area contributed by atoms with E-state index in [1.807, 2.05) is 25.1 Å². The number of carboxylic acids is 1. The van der Waals surface area contributed by atoms with Gasteiger partial charge in [-0.1, -0.05) is 24.3 Å². The van der Waals surface area contributed by atoms with Crippen molar-refractivity contribution >= 4 is 11.9 Å². The van der Waals surface area contributed by atoms with Crippen LogP contribution >= 0.6 is 0 Å². The summed E-state index contributed by atoms with van der Waals surface area (Å²) >= 11 is 0. The number of para-hydroxylation sites is 3. The number of amides is 1. The minimum Gasteiger partial charge on any atom is -0.490 e. The maximum atomic E-state index is 12.7. The summed E-state index contributed by atoms with van der Waals surface area (Å²) in [5, 5.41) is 12.0. The van der Waals surface area contributed by atoms with Crippen LogP contribution in [0.1, 0.15) is 36.5 Å². The van der Waals surface area contributed by atoms with E-state index in [0.29, 0.717) is 48.7 Å². The van der Waals surface area contributed by atoms with Gasteiger partial charge in [-0.2, -0.15) is 0 Å². The van der Waals surface area contributed by atoms with Gasteiger partial charge in [0.25, 0.3) is 5.91 Å². The number of ether oxygens (including phenoxy) is 2. The summed E-state index contributed by atoms with van der Waals surface area (Å²) in [6.45, 7) is 2.40. The third-order valence-corrected chi connectivity index (χ3v) is 4.62. The van der Waals surface area contributed by atoms with E-state index in [2.05, 4.69) is 5.32 Å². The van der Waals surface area contributed by atoms with Gasteiger partial charge in [-0.15, -0.1) is 0 Å². The molecular weight excluding hydrogens is 346 g/mol. The van der Waals surface area contributed by atoms with Gasteiger partial charge in [0.05, 0.1) is 18.1 Å². The van der Waals surface area contributed by atoms with Crippen molar-refractivity contribution < 1.29 is 24.2 Å². The number of carboxylic acid groups (broad SMARTS) is 1. The van der Waals surface area contributed by atoms with Gasteiger partial charge in [0.15, 0.2) is 11.5 Å². The Morgan fingerprint density at radius 1 is 1.04 bits per heavy atom. The Labute approximate surface area is 158 Å². The molecule has 3 rings (SSSR count). The van der Waals surface area contributed by atoms with E-state index in [-0.39, 0.29) is 17.9 Å². The predicted molar refractivity (Wildman–Crippen MR) is 100 cm³/mol. The Bertz CT molecular complexity index is 820. The molecule has 1 aliphatic rings. The highest BCUT2D eigenvalue weighted by molar-refractivity contribution is 5.97. The molecule has 6 nitrogen and oxygen atoms in total. The summed E-state index contributed by atoms with van der Waals surface area (Å²) in [7, 11) is 0. The number of benzene rings is 2. The molecule has 0 saturated heterocycles. The van der Waals surface area contributed by atoms with Crippen LogP contribution in [0, 0.1) is 5.92 Å². The van der Waals surface area contributed by atoms with Crippen LogP contribution in [0.2, 0.25) is 0 Å². The normalized spacial score (nSPS) is 18.7. The van der Waals surface area contributed by atoms with Gasteiger partial charge in [-0.25, -0.2) is 0 Å². The van der Waals surface area contributed by atoms with Crippen LogP contribution in [0.5, 0.6) is 17.2 Å². The molecule has 1 amide bonds. The first kappa shape index (κ1) is 18.8. The van der Waals surface area contributed by atoms with E-state index in [1.54, 1.807) is 30.3 Å². The van der Waals surface area contributed by atoms with Gasteiger partial charge >= 0.3 is 5.97 Å². The molecule has 27 heavy (non-hydrogen) atoms. The van der Waals surface area contributed by atoms with Crippen molar-refractivity contribution in [2.24, 2.45) is 5.92 Å². The van der Waals surface area contributed by atoms with Crippen molar-refractivity contribution in [3.05, 3.63) is 54.1 Å². The van der Waals surface area contributed by atoms with Crippen LogP contribution in [-0.4, -0.2) is 29.6 Å². The topological polar surface area (TPSA) is 84.9 Å². The van der Waals surface area contributed by atoms with E-state index in [1.165, 1.54) is 0 Å². The molecule has 2 aromatic rings. The van der Waals surface area contributed by atoms with Crippen molar-refractivity contribution in [2.75, 3.05) is 6.61 Å². The second kappa shape index (κ2) is 8.58. The van der Waals surface area contributed by atoms with Gasteiger partial charge < -0.3 is 19.9 Å². The molecule has 0 spiro atoms. The minimum atomic E-state index is -0.803. The highest BCUT2D eigenvalue weighted by Crippen LogP contribution is 2.33. The molecular formula is C21H23NO5. The van der Waals surface area contributed by atoms with Gasteiger partial charge in [0.1, 0.15) is 5.75 Å². The van der Waals surface area contributed by atoms with Crippen LogP contribution in [0.25, 0.3) is 0 Å². The highest BCUT2D eigenvalue weighted by Gasteiger charge is 2.31. The smallest absolute Gasteiger partial charge is 0.306 e. The number of carbonyl (C=O) groups excluding carboxylic acids is 1. The number of rotatable bonds is 7. The number of carbonyl (C=O) groups is 2. The molecule has 0 radical (unpaired) electrons. The van der Waals surface area contributed by atoms with Crippen LogP contribution in [0.4, 0.5) is 0 Å². The zero-order valence-corrected chi connectivity index (χ0v) is 15.2. The summed E-state index contributed by atoms with van der Waals surface area (Å²) in [4.78, 5) is 23.8. The molecule has 2 aromatic carbocycles. The fourth-order valence-electron chi connectivity index (χ4n) is 3.27. The first-order valence-corrected chi connectivity index (χ1v) is 9.11. The maximum absolute atomic E-state index is 12.7. The van der Waals surface area contributed by atoms with Gasteiger partial charge in [-0.05, 0) is 50.5 Å². The average Bonchev–Trinajstić information content (AvgIpc) is 3.13. The molecule has 1 saturated carbocycles. The SMILES string of the molecule is CCOc1ccccc1Oc1ccccc1C(=O)N[C@@H]1CC[C@H](C(=O)O)C1. The lowest BCUT2D eigenvalue weighted by Gasteiger charge is -2.16. The summed E-state index contributed by atoms with van der Waals surface area (Å²) < 4.78 is 11.5. The largest absolute Gasteiger partial charge is 0.490 e. The molecule has 6 heteroatoms. The average molecular weight is 369 g/mol. The molecule has 1 fully saturated rings. The summed E-state index contributed by atoms with van der Waals surface area (Å²) in [5.41, 5.74) is 0.405. The molecule has 1 aliphatic carbocycles. The zero-order chi connectivity index (χ0) is 19.2. The van der Waals surface area contributed by atoms with E-state index < -0.39 is 5.97 Å². The van der Waals surface area contributed by atoms with Crippen molar-refractivity contribution in [3.63, 3.8) is 0 Å². The number of hydrogen-bond donors (Lipinski definition) is 2. The first-order valence-electron chi connectivity index (χ1n) is 9.11. The van der Waals surface area contributed by atoms with E-state index in [0.717, 1.165) is 0 Å². The fourth-order valence-corrected chi connectivity index (χ4v) is 3.27. The van der Waals surface area contributed by atoms with Crippen LogP contribution < -0.4 is 14.8 Å². The van der Waals surface area contributed by atoms with Crippen molar-refractivity contribution in [2.45, 2.75) is 32.2 Å². The van der Waals surface area contributed by atoms with Gasteiger partial charge in [0.2, 0.25) is 0 Å². The third-order valence-electron chi connectivity index (χ3n) is 4.62. The summed E-state index contributed by atoms with van der Waals surface area (Å²) in [5.74, 6) is 0.107. The molecule has 142 valence electrons. The van der Waals surface area contributed by atoms with E-state index in [9.17, 15) is 9.59 Å². The molecule has 0 bridgehead atoms. The Hall–Kier alpha value is -3.02. The Kier molecular flexibility index (Phi) is 5.96. The van der Waals surface area contributed by atoms with Crippen LogP contribution in [0.3, 0.4) is 0 Å². The van der Waals surface area contributed by atoms with Crippen molar-refractivity contribution in [3.8, 4) is 17.2 Å². The molecule has 0 heterocycles. The van der Waals surface area contributed by atoms with Crippen LogP contribution in [-0.2, 0) is 4.79 Å². The Morgan fingerprint density at radius 3 is 2.37 bits per heavy atom. The second-order valence-electron chi connectivity index (χ2n) is 6.50. The van der Waals surface area contributed by atoms with E-state index >= 15 is 0 Å². The monoisotopic (exact) mass is 369 g/mol. The molecule has 0 aromatic heterocycles. The molecule has 0 unspecified atom stereocenters. The predicted octanol–water partition coefficient (Wildman–Crippen LogP) is 3.86. The van der Waals surface area contributed by atoms with E-state index in [4.69, 9.17) is 14.6 Å². The molecule has 2 atom stereocenters. The fraction of sp³-hybridized carbons (Fsp3) is 0.333. The molecule has 2 N–H and O–H groups in total. The lowest BCUT2D eigenvalue weighted by molar-refractivity contribution is -0.141.